The number of rotatable bonds is 8. The molecule has 0 saturated heterocycles. The van der Waals surface area contributed by atoms with E-state index in [-0.39, 0.29) is 35.7 Å². The number of aromatic nitrogens is 1. The minimum absolute atomic E-state index is 0.0476. The lowest BCUT2D eigenvalue weighted by Crippen LogP contribution is -2.33. The van der Waals surface area contributed by atoms with E-state index in [4.69, 9.17) is 0 Å². The van der Waals surface area contributed by atoms with Crippen LogP contribution in [0.15, 0.2) is 34.0 Å². The molecule has 1 aromatic heterocycles. The molecule has 1 atom stereocenters. The van der Waals surface area contributed by atoms with Crippen LogP contribution in [0.3, 0.4) is 0 Å². The predicted molar refractivity (Wildman–Crippen MR) is 95.2 cm³/mol. The molecule has 0 saturated carbocycles. The van der Waals surface area contributed by atoms with E-state index in [0.717, 1.165) is 10.8 Å². The number of thiazole rings is 1. The summed E-state index contributed by atoms with van der Waals surface area (Å²) in [6.07, 6.45) is 1.13. The fourth-order valence-corrected chi connectivity index (χ4v) is 3.61. The highest BCUT2D eigenvalue weighted by atomic mass is 32.2. The molecule has 24 heavy (non-hydrogen) atoms. The summed E-state index contributed by atoms with van der Waals surface area (Å²) < 4.78 is 13.6. The van der Waals surface area contributed by atoms with Gasteiger partial charge in [0.15, 0.2) is 10.1 Å². The van der Waals surface area contributed by atoms with Crippen molar-refractivity contribution < 1.29 is 14.0 Å². The molecule has 0 aliphatic carbocycles. The average molecular weight is 366 g/mol. The van der Waals surface area contributed by atoms with Crippen LogP contribution in [0, 0.1) is 5.82 Å². The number of ketones is 1. The Morgan fingerprint density at radius 1 is 1.33 bits per heavy atom. The molecule has 1 heterocycles. The van der Waals surface area contributed by atoms with Crippen LogP contribution >= 0.6 is 23.1 Å². The summed E-state index contributed by atoms with van der Waals surface area (Å²) in [5.74, 6) is -0.253. The summed E-state index contributed by atoms with van der Waals surface area (Å²) >= 11 is 2.74. The Morgan fingerprint density at radius 3 is 2.71 bits per heavy atom. The first-order valence-corrected chi connectivity index (χ1v) is 9.49. The molecule has 0 fully saturated rings. The quantitative estimate of drug-likeness (QED) is 0.571. The molecule has 1 N–H and O–H groups in total. The number of hydrogen-bond donors (Lipinski definition) is 1. The van der Waals surface area contributed by atoms with Crippen molar-refractivity contribution >= 4 is 34.8 Å². The molecular formula is C17H19FN2O2S2. The Hall–Kier alpha value is -1.73. The van der Waals surface area contributed by atoms with Crippen molar-refractivity contribution in [3.63, 3.8) is 0 Å². The van der Waals surface area contributed by atoms with E-state index < -0.39 is 0 Å². The van der Waals surface area contributed by atoms with Gasteiger partial charge in [0.05, 0.1) is 17.9 Å². The van der Waals surface area contributed by atoms with Crippen LogP contribution in [-0.2, 0) is 11.2 Å². The van der Waals surface area contributed by atoms with Crippen LogP contribution in [-0.4, -0.2) is 28.5 Å². The van der Waals surface area contributed by atoms with Crippen LogP contribution in [0.5, 0.6) is 0 Å². The van der Waals surface area contributed by atoms with Gasteiger partial charge in [-0.1, -0.05) is 18.7 Å². The summed E-state index contributed by atoms with van der Waals surface area (Å²) in [6.45, 7) is 3.97. The van der Waals surface area contributed by atoms with Crippen molar-refractivity contribution in [2.75, 3.05) is 5.75 Å². The third-order valence-corrected chi connectivity index (χ3v) is 5.45. The lowest BCUT2D eigenvalue weighted by atomic mass is 10.1. The number of Topliss-reactive ketones (excluding diaryl/α,β-unsaturated/α-hetero) is 1. The number of benzene rings is 1. The Morgan fingerprint density at radius 2 is 2.04 bits per heavy atom. The van der Waals surface area contributed by atoms with Crippen LogP contribution in [0.2, 0.25) is 0 Å². The summed E-state index contributed by atoms with van der Waals surface area (Å²) in [4.78, 5) is 28.2. The molecule has 128 valence electrons. The number of carbonyl (C=O) groups excluding carboxylic acids is 2. The van der Waals surface area contributed by atoms with Gasteiger partial charge in [-0.3, -0.25) is 9.59 Å². The number of nitrogens with zero attached hydrogens (tertiary/aromatic N) is 1. The first kappa shape index (κ1) is 18.6. The summed E-state index contributed by atoms with van der Waals surface area (Å²) in [5, 5.41) is 4.73. The Balaban J connectivity index is 1.84. The maximum absolute atomic E-state index is 12.9. The largest absolute Gasteiger partial charge is 0.353 e. The second-order valence-corrected chi connectivity index (χ2v) is 7.46. The Labute approximate surface area is 148 Å². The second-order valence-electron chi connectivity index (χ2n) is 5.38. The van der Waals surface area contributed by atoms with E-state index in [0.29, 0.717) is 11.3 Å². The van der Waals surface area contributed by atoms with E-state index in [1.54, 1.807) is 0 Å². The van der Waals surface area contributed by atoms with E-state index in [1.807, 2.05) is 19.2 Å². The van der Waals surface area contributed by atoms with Gasteiger partial charge >= 0.3 is 0 Å². The van der Waals surface area contributed by atoms with Crippen molar-refractivity contribution in [1.82, 2.24) is 10.3 Å². The fourth-order valence-electron chi connectivity index (χ4n) is 1.87. The SMILES string of the molecule is CCC(C)NC(=O)Cc1csc(SCC(=O)c2ccc(F)cc2)n1. The summed E-state index contributed by atoms with van der Waals surface area (Å²) in [6, 6.07) is 5.65. The first-order chi connectivity index (χ1) is 11.5. The number of hydrogen-bond acceptors (Lipinski definition) is 5. The molecule has 0 aliphatic rings. The van der Waals surface area contributed by atoms with Crippen LogP contribution < -0.4 is 5.32 Å². The minimum Gasteiger partial charge on any atom is -0.353 e. The van der Waals surface area contributed by atoms with Crippen molar-refractivity contribution in [3.8, 4) is 0 Å². The van der Waals surface area contributed by atoms with Gasteiger partial charge in [-0.2, -0.15) is 0 Å². The molecular weight excluding hydrogens is 347 g/mol. The highest BCUT2D eigenvalue weighted by Crippen LogP contribution is 2.24. The zero-order valence-corrected chi connectivity index (χ0v) is 15.2. The molecule has 2 aromatic rings. The molecule has 1 unspecified atom stereocenters. The van der Waals surface area contributed by atoms with Gasteiger partial charge in [-0.25, -0.2) is 9.37 Å². The summed E-state index contributed by atoms with van der Waals surface area (Å²) in [5.41, 5.74) is 1.19. The van der Waals surface area contributed by atoms with E-state index in [1.165, 1.54) is 47.4 Å². The predicted octanol–water partition coefficient (Wildman–Crippen LogP) is 3.71. The minimum atomic E-state index is -0.362. The monoisotopic (exact) mass is 366 g/mol. The molecule has 1 aromatic carbocycles. The zero-order valence-electron chi connectivity index (χ0n) is 13.5. The second kappa shape index (κ2) is 8.94. The molecule has 0 spiro atoms. The third-order valence-electron chi connectivity index (χ3n) is 3.39. The molecule has 0 radical (unpaired) electrons. The smallest absolute Gasteiger partial charge is 0.226 e. The van der Waals surface area contributed by atoms with E-state index in [9.17, 15) is 14.0 Å². The Bertz CT molecular complexity index is 701. The molecule has 2 rings (SSSR count). The van der Waals surface area contributed by atoms with Crippen LogP contribution in [0.1, 0.15) is 36.3 Å². The number of amides is 1. The molecule has 1 amide bonds. The average Bonchev–Trinajstić information content (AvgIpc) is 3.00. The number of thioether (sulfide) groups is 1. The van der Waals surface area contributed by atoms with Gasteiger partial charge in [-0.05, 0) is 37.6 Å². The van der Waals surface area contributed by atoms with Crippen molar-refractivity contribution in [2.45, 2.75) is 37.1 Å². The Kier molecular flexibility index (Phi) is 6.93. The zero-order chi connectivity index (χ0) is 17.5. The maximum Gasteiger partial charge on any atom is 0.226 e. The fraction of sp³-hybridized carbons (Fsp3) is 0.353. The number of halogens is 1. The van der Waals surface area contributed by atoms with Crippen molar-refractivity contribution in [2.24, 2.45) is 0 Å². The highest BCUT2D eigenvalue weighted by molar-refractivity contribution is 8.01. The van der Waals surface area contributed by atoms with Crippen molar-refractivity contribution in [3.05, 3.63) is 46.7 Å². The van der Waals surface area contributed by atoms with Crippen molar-refractivity contribution in [1.29, 1.82) is 0 Å². The number of carbonyl (C=O) groups is 2. The van der Waals surface area contributed by atoms with Gasteiger partial charge in [-0.15, -0.1) is 11.3 Å². The van der Waals surface area contributed by atoms with Gasteiger partial charge in [0.2, 0.25) is 5.91 Å². The molecule has 0 bridgehead atoms. The van der Waals surface area contributed by atoms with Crippen LogP contribution in [0.4, 0.5) is 4.39 Å². The summed E-state index contributed by atoms with van der Waals surface area (Å²) in [7, 11) is 0. The van der Waals surface area contributed by atoms with E-state index >= 15 is 0 Å². The highest BCUT2D eigenvalue weighted by Gasteiger charge is 2.12. The lowest BCUT2D eigenvalue weighted by Gasteiger charge is -2.10. The number of nitrogens with one attached hydrogen (secondary N) is 1. The van der Waals surface area contributed by atoms with Gasteiger partial charge in [0.25, 0.3) is 0 Å². The molecule has 7 heteroatoms. The van der Waals surface area contributed by atoms with Gasteiger partial charge in [0, 0.05) is 17.0 Å². The van der Waals surface area contributed by atoms with Crippen LogP contribution in [0.25, 0.3) is 0 Å². The standard InChI is InChI=1S/C17H19FN2O2S2/c1-3-11(2)19-16(22)8-14-9-23-17(20-14)24-10-15(21)12-4-6-13(18)7-5-12/h4-7,9,11H,3,8,10H2,1-2H3,(H,19,22). The lowest BCUT2D eigenvalue weighted by molar-refractivity contribution is -0.121. The topological polar surface area (TPSA) is 59.1 Å². The van der Waals surface area contributed by atoms with Gasteiger partial charge < -0.3 is 5.32 Å². The normalized spacial score (nSPS) is 12.0. The van der Waals surface area contributed by atoms with E-state index in [2.05, 4.69) is 10.3 Å². The maximum atomic E-state index is 12.9. The molecule has 0 aliphatic heterocycles. The molecule has 4 nitrogen and oxygen atoms in total. The van der Waals surface area contributed by atoms with Gasteiger partial charge in [0.1, 0.15) is 5.82 Å². The first-order valence-electron chi connectivity index (χ1n) is 7.63. The third kappa shape index (κ3) is 5.72.